The maximum atomic E-state index is 12.5. The van der Waals surface area contributed by atoms with Crippen molar-refractivity contribution in [3.8, 4) is 0 Å². The number of hydrogen-bond donors (Lipinski definition) is 1. The summed E-state index contributed by atoms with van der Waals surface area (Å²) in [6, 6.07) is 0. The lowest BCUT2D eigenvalue weighted by molar-refractivity contribution is -0.129. The molecule has 0 atom stereocenters. The van der Waals surface area contributed by atoms with Crippen LogP contribution >= 0.6 is 0 Å². The maximum absolute atomic E-state index is 12.5. The number of nitrogens with one attached hydrogen (secondary N) is 1. The van der Waals surface area contributed by atoms with E-state index >= 15 is 0 Å². The van der Waals surface area contributed by atoms with Gasteiger partial charge in [-0.1, -0.05) is 27.2 Å². The number of piperidine rings is 1. The van der Waals surface area contributed by atoms with Crippen LogP contribution in [0.15, 0.2) is 0 Å². The fourth-order valence-corrected chi connectivity index (χ4v) is 3.98. The van der Waals surface area contributed by atoms with Gasteiger partial charge in [0.15, 0.2) is 0 Å². The molecule has 1 heterocycles. The highest BCUT2D eigenvalue weighted by molar-refractivity contribution is 5.84. The summed E-state index contributed by atoms with van der Waals surface area (Å²) >= 11 is 0. The number of rotatable bonds is 5. The predicted molar refractivity (Wildman–Crippen MR) is 82.3 cm³/mol. The van der Waals surface area contributed by atoms with E-state index in [-0.39, 0.29) is 16.5 Å². The predicted octanol–water partition coefficient (Wildman–Crippen LogP) is 4.33. The molecule has 2 nitrogen and oxygen atoms in total. The van der Waals surface area contributed by atoms with E-state index in [0.717, 1.165) is 32.1 Å². The lowest BCUT2D eigenvalue weighted by Crippen LogP contribution is -2.58. The fraction of sp³-hybridized carbons (Fsp3) is 0.941. The molecule has 1 fully saturated rings. The summed E-state index contributed by atoms with van der Waals surface area (Å²) in [5.41, 5.74) is 0.136. The molecule has 112 valence electrons. The average molecular weight is 267 g/mol. The van der Waals surface area contributed by atoms with Crippen LogP contribution < -0.4 is 5.32 Å². The van der Waals surface area contributed by atoms with E-state index in [1.54, 1.807) is 0 Å². The summed E-state index contributed by atoms with van der Waals surface area (Å²) in [5, 5.41) is 3.69. The second kappa shape index (κ2) is 5.55. The molecular formula is C17H33NO. The van der Waals surface area contributed by atoms with Crippen LogP contribution in [0.1, 0.15) is 80.6 Å². The molecule has 0 bridgehead atoms. The van der Waals surface area contributed by atoms with Crippen molar-refractivity contribution < 1.29 is 4.79 Å². The molecule has 2 heteroatoms. The Hall–Kier alpha value is -0.370. The Labute approximate surface area is 119 Å². The topological polar surface area (TPSA) is 29.1 Å². The molecule has 0 unspecified atom stereocenters. The molecule has 1 saturated heterocycles. The molecule has 1 rings (SSSR count). The van der Waals surface area contributed by atoms with Crippen LogP contribution in [0.3, 0.4) is 0 Å². The SMILES string of the molecule is CCCC(C)(C)C(=O)CC1CC(C)(C)NC(C)(C)C1. The summed E-state index contributed by atoms with van der Waals surface area (Å²) in [5.74, 6) is 0.975. The van der Waals surface area contributed by atoms with Gasteiger partial charge in [0.25, 0.3) is 0 Å². The molecule has 0 saturated carbocycles. The molecule has 0 aliphatic carbocycles. The third-order valence-corrected chi connectivity index (χ3v) is 4.38. The largest absolute Gasteiger partial charge is 0.307 e. The van der Waals surface area contributed by atoms with Gasteiger partial charge in [0.05, 0.1) is 0 Å². The molecule has 0 radical (unpaired) electrons. The molecular weight excluding hydrogens is 234 g/mol. The van der Waals surface area contributed by atoms with E-state index in [0.29, 0.717) is 11.7 Å². The van der Waals surface area contributed by atoms with Crippen LogP contribution in [0.5, 0.6) is 0 Å². The zero-order chi connectivity index (χ0) is 14.9. The number of ketones is 1. The number of hydrogen-bond acceptors (Lipinski definition) is 2. The zero-order valence-corrected chi connectivity index (χ0v) is 14.0. The van der Waals surface area contributed by atoms with E-state index in [2.05, 4.69) is 53.8 Å². The van der Waals surface area contributed by atoms with Gasteiger partial charge < -0.3 is 5.32 Å². The van der Waals surface area contributed by atoms with E-state index in [9.17, 15) is 4.79 Å². The van der Waals surface area contributed by atoms with Crippen LogP contribution in [0, 0.1) is 11.3 Å². The van der Waals surface area contributed by atoms with E-state index in [1.807, 2.05) is 0 Å². The standard InChI is InChI=1S/C17H33NO/c1-8-9-15(2,3)14(19)10-13-11-16(4,5)18-17(6,7)12-13/h13,18H,8-12H2,1-7H3. The Balaban J connectivity index is 2.69. The van der Waals surface area contributed by atoms with Crippen molar-refractivity contribution >= 4 is 5.78 Å². The summed E-state index contributed by atoms with van der Waals surface area (Å²) in [7, 11) is 0. The monoisotopic (exact) mass is 267 g/mol. The third kappa shape index (κ3) is 4.91. The van der Waals surface area contributed by atoms with Crippen LogP contribution in [-0.4, -0.2) is 16.9 Å². The van der Waals surface area contributed by atoms with Gasteiger partial charge in [0.2, 0.25) is 0 Å². The first-order valence-corrected chi connectivity index (χ1v) is 7.80. The Morgan fingerprint density at radius 2 is 1.63 bits per heavy atom. The lowest BCUT2D eigenvalue weighted by atomic mass is 9.71. The number of Topliss-reactive ketones (excluding diaryl/α,β-unsaturated/α-hetero) is 1. The highest BCUT2D eigenvalue weighted by Crippen LogP contribution is 2.37. The van der Waals surface area contributed by atoms with Gasteiger partial charge in [-0.25, -0.2) is 0 Å². The Morgan fingerprint density at radius 3 is 2.05 bits per heavy atom. The first-order chi connectivity index (χ1) is 8.47. The normalized spacial score (nSPS) is 23.3. The highest BCUT2D eigenvalue weighted by atomic mass is 16.1. The second-order valence-corrected chi connectivity index (χ2v) is 8.43. The Morgan fingerprint density at radius 1 is 1.16 bits per heavy atom. The number of carbonyl (C=O) groups excluding carboxylic acids is 1. The maximum Gasteiger partial charge on any atom is 0.138 e. The fourth-order valence-electron chi connectivity index (χ4n) is 3.98. The first-order valence-electron chi connectivity index (χ1n) is 7.80. The van der Waals surface area contributed by atoms with E-state index in [4.69, 9.17) is 0 Å². The van der Waals surface area contributed by atoms with E-state index < -0.39 is 0 Å². The molecule has 19 heavy (non-hydrogen) atoms. The van der Waals surface area contributed by atoms with Crippen molar-refractivity contribution in [2.24, 2.45) is 11.3 Å². The second-order valence-electron chi connectivity index (χ2n) is 8.43. The van der Waals surface area contributed by atoms with Gasteiger partial charge in [-0.3, -0.25) is 4.79 Å². The molecule has 1 aliphatic rings. The first kappa shape index (κ1) is 16.7. The van der Waals surface area contributed by atoms with Crippen LogP contribution in [0.25, 0.3) is 0 Å². The van der Waals surface area contributed by atoms with Gasteiger partial charge >= 0.3 is 0 Å². The molecule has 0 spiro atoms. The molecule has 1 aliphatic heterocycles. The minimum Gasteiger partial charge on any atom is -0.307 e. The molecule has 0 aromatic rings. The van der Waals surface area contributed by atoms with Crippen LogP contribution in [0.2, 0.25) is 0 Å². The smallest absolute Gasteiger partial charge is 0.138 e. The van der Waals surface area contributed by atoms with Crippen molar-refractivity contribution in [2.75, 3.05) is 0 Å². The van der Waals surface area contributed by atoms with Crippen molar-refractivity contribution in [1.82, 2.24) is 5.32 Å². The van der Waals surface area contributed by atoms with E-state index in [1.165, 1.54) is 0 Å². The summed E-state index contributed by atoms with van der Waals surface area (Å²) in [6.07, 6.45) is 5.04. The van der Waals surface area contributed by atoms with Crippen LogP contribution in [0.4, 0.5) is 0 Å². The highest BCUT2D eigenvalue weighted by Gasteiger charge is 2.39. The van der Waals surface area contributed by atoms with Crippen molar-refractivity contribution in [2.45, 2.75) is 91.6 Å². The minimum atomic E-state index is -0.145. The van der Waals surface area contributed by atoms with Gasteiger partial charge in [-0.2, -0.15) is 0 Å². The Kier molecular flexibility index (Phi) is 4.88. The van der Waals surface area contributed by atoms with Crippen molar-refractivity contribution in [3.05, 3.63) is 0 Å². The molecule has 0 aromatic heterocycles. The lowest BCUT2D eigenvalue weighted by Gasteiger charge is -2.47. The molecule has 0 aromatic carbocycles. The van der Waals surface area contributed by atoms with Crippen molar-refractivity contribution in [3.63, 3.8) is 0 Å². The summed E-state index contributed by atoms with van der Waals surface area (Å²) in [6.45, 7) is 15.4. The van der Waals surface area contributed by atoms with Gasteiger partial charge in [0.1, 0.15) is 5.78 Å². The Bertz CT molecular complexity index is 312. The summed E-state index contributed by atoms with van der Waals surface area (Å²) in [4.78, 5) is 12.5. The molecule has 0 amide bonds. The zero-order valence-electron chi connectivity index (χ0n) is 14.0. The van der Waals surface area contributed by atoms with Crippen LogP contribution in [-0.2, 0) is 4.79 Å². The van der Waals surface area contributed by atoms with Gasteiger partial charge in [-0.05, 0) is 52.9 Å². The quantitative estimate of drug-likeness (QED) is 0.803. The number of carbonyl (C=O) groups is 1. The average Bonchev–Trinajstić information content (AvgIpc) is 2.11. The molecule has 1 N–H and O–H groups in total. The van der Waals surface area contributed by atoms with Gasteiger partial charge in [-0.15, -0.1) is 0 Å². The summed E-state index contributed by atoms with van der Waals surface area (Å²) < 4.78 is 0. The van der Waals surface area contributed by atoms with Crippen molar-refractivity contribution in [1.29, 1.82) is 0 Å². The minimum absolute atomic E-state index is 0.140. The van der Waals surface area contributed by atoms with Gasteiger partial charge in [0, 0.05) is 22.9 Å². The third-order valence-electron chi connectivity index (χ3n) is 4.38.